The lowest BCUT2D eigenvalue weighted by atomic mass is 10.2. The second-order valence-corrected chi connectivity index (χ2v) is 4.67. The number of para-hydroxylation sites is 1. The van der Waals surface area contributed by atoms with Crippen molar-refractivity contribution in [3.8, 4) is 5.75 Å². The van der Waals surface area contributed by atoms with Gasteiger partial charge in [-0.1, -0.05) is 6.07 Å². The number of ether oxygens (including phenoxy) is 1. The highest BCUT2D eigenvalue weighted by Crippen LogP contribution is 2.22. The molecule has 5 heteroatoms. The Balaban J connectivity index is 1.86. The van der Waals surface area contributed by atoms with E-state index in [9.17, 15) is 9.18 Å². The SMILES string of the molecule is O=C(O)c1cccc(F)c1OCCCN1CCCC1. The average Bonchev–Trinajstić information content (AvgIpc) is 2.88. The molecule has 19 heavy (non-hydrogen) atoms. The van der Waals surface area contributed by atoms with E-state index in [-0.39, 0.29) is 11.3 Å². The number of halogens is 1. The third-order valence-corrected chi connectivity index (χ3v) is 3.26. The number of hydrogen-bond acceptors (Lipinski definition) is 3. The van der Waals surface area contributed by atoms with Crippen LogP contribution >= 0.6 is 0 Å². The molecule has 1 fully saturated rings. The zero-order valence-electron chi connectivity index (χ0n) is 10.8. The molecule has 104 valence electrons. The molecule has 2 rings (SSSR count). The molecule has 0 saturated carbocycles. The van der Waals surface area contributed by atoms with E-state index < -0.39 is 11.8 Å². The first-order valence-corrected chi connectivity index (χ1v) is 6.55. The Morgan fingerprint density at radius 2 is 2.11 bits per heavy atom. The summed E-state index contributed by atoms with van der Waals surface area (Å²) in [4.78, 5) is 13.3. The topological polar surface area (TPSA) is 49.8 Å². The summed E-state index contributed by atoms with van der Waals surface area (Å²) in [5.74, 6) is -1.95. The Kier molecular flexibility index (Phi) is 4.74. The number of carbonyl (C=O) groups is 1. The molecular formula is C14H18FNO3. The first-order valence-electron chi connectivity index (χ1n) is 6.55. The molecule has 0 amide bonds. The first kappa shape index (κ1) is 13.8. The number of carboxylic acid groups (broad SMARTS) is 1. The van der Waals surface area contributed by atoms with Crippen molar-refractivity contribution in [3.63, 3.8) is 0 Å². The minimum atomic E-state index is -1.17. The molecule has 0 spiro atoms. The molecule has 1 aliphatic rings. The summed E-state index contributed by atoms with van der Waals surface area (Å²) in [6.07, 6.45) is 3.24. The molecule has 0 bridgehead atoms. The summed E-state index contributed by atoms with van der Waals surface area (Å²) in [6.45, 7) is 3.47. The highest BCUT2D eigenvalue weighted by Gasteiger charge is 2.16. The average molecular weight is 267 g/mol. The van der Waals surface area contributed by atoms with Crippen LogP contribution < -0.4 is 4.74 Å². The van der Waals surface area contributed by atoms with Crippen molar-refractivity contribution in [2.75, 3.05) is 26.2 Å². The Morgan fingerprint density at radius 1 is 1.37 bits per heavy atom. The molecule has 0 unspecified atom stereocenters. The third kappa shape index (κ3) is 3.67. The molecule has 1 saturated heterocycles. The molecule has 0 atom stereocenters. The van der Waals surface area contributed by atoms with E-state index in [4.69, 9.17) is 9.84 Å². The number of nitrogens with zero attached hydrogens (tertiary/aromatic N) is 1. The van der Waals surface area contributed by atoms with Gasteiger partial charge in [0.2, 0.25) is 0 Å². The predicted molar refractivity (Wildman–Crippen MR) is 69.1 cm³/mol. The van der Waals surface area contributed by atoms with Crippen LogP contribution in [0.1, 0.15) is 29.6 Å². The van der Waals surface area contributed by atoms with Gasteiger partial charge in [-0.2, -0.15) is 0 Å². The molecule has 1 heterocycles. The maximum atomic E-state index is 13.5. The predicted octanol–water partition coefficient (Wildman–Crippen LogP) is 2.39. The molecule has 1 N–H and O–H groups in total. The van der Waals surface area contributed by atoms with Crippen molar-refractivity contribution >= 4 is 5.97 Å². The summed E-state index contributed by atoms with van der Waals surface area (Å²) in [5, 5.41) is 8.96. The summed E-state index contributed by atoms with van der Waals surface area (Å²) < 4.78 is 18.8. The van der Waals surface area contributed by atoms with E-state index in [1.807, 2.05) is 0 Å². The number of rotatable bonds is 6. The van der Waals surface area contributed by atoms with Gasteiger partial charge in [-0.3, -0.25) is 0 Å². The first-order chi connectivity index (χ1) is 9.18. The van der Waals surface area contributed by atoms with Crippen LogP contribution in [0.25, 0.3) is 0 Å². The number of benzene rings is 1. The van der Waals surface area contributed by atoms with Gasteiger partial charge in [-0.25, -0.2) is 9.18 Å². The van der Waals surface area contributed by atoms with Crippen LogP contribution in [-0.4, -0.2) is 42.2 Å². The maximum absolute atomic E-state index is 13.5. The van der Waals surface area contributed by atoms with Gasteiger partial charge in [0.15, 0.2) is 11.6 Å². The second-order valence-electron chi connectivity index (χ2n) is 4.67. The highest BCUT2D eigenvalue weighted by atomic mass is 19.1. The van der Waals surface area contributed by atoms with Gasteiger partial charge in [-0.15, -0.1) is 0 Å². The van der Waals surface area contributed by atoms with Gasteiger partial charge in [0.1, 0.15) is 5.56 Å². The van der Waals surface area contributed by atoms with Crippen molar-refractivity contribution in [3.05, 3.63) is 29.6 Å². The normalized spacial score (nSPS) is 15.6. The molecule has 1 aromatic rings. The fraction of sp³-hybridized carbons (Fsp3) is 0.500. The fourth-order valence-corrected chi connectivity index (χ4v) is 2.29. The zero-order valence-corrected chi connectivity index (χ0v) is 10.8. The third-order valence-electron chi connectivity index (χ3n) is 3.26. The second kappa shape index (κ2) is 6.52. The Hall–Kier alpha value is -1.62. The van der Waals surface area contributed by atoms with Gasteiger partial charge in [0.05, 0.1) is 6.61 Å². The van der Waals surface area contributed by atoms with Crippen molar-refractivity contribution in [2.45, 2.75) is 19.3 Å². The van der Waals surface area contributed by atoms with Gasteiger partial charge < -0.3 is 14.7 Å². The van der Waals surface area contributed by atoms with E-state index >= 15 is 0 Å². The molecule has 1 aliphatic heterocycles. The summed E-state index contributed by atoms with van der Waals surface area (Å²) in [5.41, 5.74) is -0.124. The number of carboxylic acids is 1. The monoisotopic (exact) mass is 267 g/mol. The standard InChI is InChI=1S/C14H18FNO3/c15-12-6-3-5-11(14(17)18)13(12)19-10-4-9-16-7-1-2-8-16/h3,5-6H,1-2,4,7-10H2,(H,17,18). The number of aromatic carboxylic acids is 1. The minimum Gasteiger partial charge on any atom is -0.490 e. The Morgan fingerprint density at radius 3 is 2.79 bits per heavy atom. The van der Waals surface area contributed by atoms with Crippen LogP contribution in [0.2, 0.25) is 0 Å². The van der Waals surface area contributed by atoms with Crippen molar-refractivity contribution in [1.82, 2.24) is 4.90 Å². The van der Waals surface area contributed by atoms with Gasteiger partial charge in [-0.05, 0) is 44.5 Å². The summed E-state index contributed by atoms with van der Waals surface area (Å²) in [7, 11) is 0. The lowest BCUT2D eigenvalue weighted by molar-refractivity contribution is 0.0691. The van der Waals surface area contributed by atoms with Crippen molar-refractivity contribution in [1.29, 1.82) is 0 Å². The van der Waals surface area contributed by atoms with Gasteiger partial charge >= 0.3 is 5.97 Å². The Labute approximate surface area is 111 Å². The van der Waals surface area contributed by atoms with Crippen LogP contribution in [0, 0.1) is 5.82 Å². The van der Waals surface area contributed by atoms with Crippen LogP contribution in [-0.2, 0) is 0 Å². The van der Waals surface area contributed by atoms with Crippen molar-refractivity contribution in [2.24, 2.45) is 0 Å². The summed E-state index contributed by atoms with van der Waals surface area (Å²) in [6, 6.07) is 3.93. The molecule has 4 nitrogen and oxygen atoms in total. The van der Waals surface area contributed by atoms with E-state index in [0.717, 1.165) is 26.1 Å². The molecular weight excluding hydrogens is 249 g/mol. The Bertz CT molecular complexity index is 444. The highest BCUT2D eigenvalue weighted by molar-refractivity contribution is 5.90. The van der Waals surface area contributed by atoms with E-state index in [0.29, 0.717) is 6.61 Å². The number of hydrogen-bond donors (Lipinski definition) is 1. The maximum Gasteiger partial charge on any atom is 0.339 e. The van der Waals surface area contributed by atoms with Crippen LogP contribution in [0.4, 0.5) is 4.39 Å². The molecule has 0 aliphatic carbocycles. The summed E-state index contributed by atoms with van der Waals surface area (Å²) >= 11 is 0. The van der Waals surface area contributed by atoms with Gasteiger partial charge in [0, 0.05) is 6.54 Å². The smallest absolute Gasteiger partial charge is 0.339 e. The van der Waals surface area contributed by atoms with Gasteiger partial charge in [0.25, 0.3) is 0 Å². The van der Waals surface area contributed by atoms with E-state index in [1.165, 1.54) is 31.0 Å². The molecule has 0 aromatic heterocycles. The molecule has 1 aromatic carbocycles. The van der Waals surface area contributed by atoms with E-state index in [2.05, 4.69) is 4.90 Å². The largest absolute Gasteiger partial charge is 0.490 e. The van der Waals surface area contributed by atoms with Crippen LogP contribution in [0.15, 0.2) is 18.2 Å². The quantitative estimate of drug-likeness (QED) is 0.804. The minimum absolute atomic E-state index is 0.124. The number of likely N-dealkylation sites (tertiary alicyclic amines) is 1. The zero-order chi connectivity index (χ0) is 13.7. The lowest BCUT2D eigenvalue weighted by Crippen LogP contribution is -2.22. The van der Waals surface area contributed by atoms with Crippen LogP contribution in [0.3, 0.4) is 0 Å². The fourth-order valence-electron chi connectivity index (χ4n) is 2.29. The lowest BCUT2D eigenvalue weighted by Gasteiger charge is -2.15. The van der Waals surface area contributed by atoms with Crippen molar-refractivity contribution < 1.29 is 19.0 Å². The van der Waals surface area contributed by atoms with Crippen LogP contribution in [0.5, 0.6) is 5.75 Å². The molecule has 0 radical (unpaired) electrons. The van der Waals surface area contributed by atoms with E-state index in [1.54, 1.807) is 0 Å².